The Hall–Kier alpha value is 0.177. The molecule has 0 aliphatic rings. The molecule has 0 aliphatic heterocycles. The predicted octanol–water partition coefficient (Wildman–Crippen LogP) is 8.88. The topological polar surface area (TPSA) is 9.23 Å². The van der Waals surface area contributed by atoms with Crippen molar-refractivity contribution >= 4 is 8.32 Å². The molecule has 0 radical (unpaired) electrons. The van der Waals surface area contributed by atoms with E-state index in [4.69, 9.17) is 4.43 Å². The van der Waals surface area contributed by atoms with Crippen LogP contribution in [0.25, 0.3) is 0 Å². The normalized spacial score (nSPS) is 12.0. The molecule has 0 heterocycles. The van der Waals surface area contributed by atoms with Crippen molar-refractivity contribution in [1.29, 1.82) is 0 Å². The molecule has 25 heavy (non-hydrogen) atoms. The lowest BCUT2D eigenvalue weighted by atomic mass is 10.1. The van der Waals surface area contributed by atoms with Gasteiger partial charge in [0, 0.05) is 6.61 Å². The Morgan fingerprint density at radius 2 is 0.800 bits per heavy atom. The first kappa shape index (κ1) is 25.2. The molecule has 0 aromatic rings. The lowest BCUT2D eigenvalue weighted by Gasteiger charge is -2.31. The second kappa shape index (κ2) is 19.0. The molecule has 0 saturated carbocycles. The van der Waals surface area contributed by atoms with Crippen molar-refractivity contribution in [2.24, 2.45) is 0 Å². The minimum Gasteiger partial charge on any atom is -0.417 e. The summed E-state index contributed by atoms with van der Waals surface area (Å²) in [6.07, 6.45) is 21.0. The molecular weight excluding hydrogens is 320 g/mol. The van der Waals surface area contributed by atoms with E-state index in [-0.39, 0.29) is 0 Å². The molecule has 0 bridgehead atoms. The van der Waals surface area contributed by atoms with Gasteiger partial charge in [0.15, 0.2) is 8.32 Å². The van der Waals surface area contributed by atoms with Crippen molar-refractivity contribution < 1.29 is 4.43 Å². The fourth-order valence-corrected chi connectivity index (χ4v) is 8.68. The van der Waals surface area contributed by atoms with Gasteiger partial charge in [0.05, 0.1) is 0 Å². The smallest absolute Gasteiger partial charge is 0.192 e. The highest BCUT2D eigenvalue weighted by molar-refractivity contribution is 6.73. The molecule has 0 rings (SSSR count). The first-order valence-corrected chi connectivity index (χ1v) is 14.4. The van der Waals surface area contributed by atoms with E-state index in [0.717, 1.165) is 6.61 Å². The van der Waals surface area contributed by atoms with E-state index in [2.05, 4.69) is 27.7 Å². The fraction of sp³-hybridized carbons (Fsp3) is 1.00. The third-order valence-corrected chi connectivity index (χ3v) is 10.6. The van der Waals surface area contributed by atoms with Gasteiger partial charge >= 0.3 is 0 Å². The number of hydrogen-bond donors (Lipinski definition) is 0. The Kier molecular flexibility index (Phi) is 19.1. The summed E-state index contributed by atoms with van der Waals surface area (Å²) in [5.41, 5.74) is 0. The Bertz CT molecular complexity index is 237. The molecular formula is C23H50OSi. The van der Waals surface area contributed by atoms with Crippen LogP contribution in [0, 0.1) is 0 Å². The summed E-state index contributed by atoms with van der Waals surface area (Å²) in [6.45, 7) is 10.3. The Balaban J connectivity index is 3.56. The summed E-state index contributed by atoms with van der Waals surface area (Å²) in [6, 6.07) is 4.15. The Morgan fingerprint density at radius 3 is 1.16 bits per heavy atom. The van der Waals surface area contributed by atoms with E-state index in [9.17, 15) is 0 Å². The first-order valence-electron chi connectivity index (χ1n) is 11.9. The summed E-state index contributed by atoms with van der Waals surface area (Å²) >= 11 is 0. The van der Waals surface area contributed by atoms with Crippen molar-refractivity contribution in [3.63, 3.8) is 0 Å². The number of rotatable bonds is 20. The molecule has 0 aromatic heterocycles. The molecule has 0 fully saturated rings. The van der Waals surface area contributed by atoms with E-state index < -0.39 is 8.32 Å². The number of unbranched alkanes of at least 4 members (excludes halogenated alkanes) is 11. The van der Waals surface area contributed by atoms with E-state index in [0.29, 0.717) is 0 Å². The average molecular weight is 371 g/mol. The van der Waals surface area contributed by atoms with Gasteiger partial charge in [0.1, 0.15) is 0 Å². The SMILES string of the molecule is CCCCCCCCCCCCCCO[Si](CCC)(CCC)CCC. The van der Waals surface area contributed by atoms with Gasteiger partial charge in [-0.25, -0.2) is 0 Å². The van der Waals surface area contributed by atoms with E-state index in [1.54, 1.807) is 0 Å². The van der Waals surface area contributed by atoms with Crippen molar-refractivity contribution in [1.82, 2.24) is 0 Å². The lowest BCUT2D eigenvalue weighted by molar-refractivity contribution is 0.283. The molecule has 0 N–H and O–H groups in total. The summed E-state index contributed by atoms with van der Waals surface area (Å²) in [7, 11) is -1.40. The van der Waals surface area contributed by atoms with Crippen LogP contribution in [-0.2, 0) is 4.43 Å². The minimum atomic E-state index is -1.40. The van der Waals surface area contributed by atoms with E-state index >= 15 is 0 Å². The van der Waals surface area contributed by atoms with Crippen LogP contribution in [-0.4, -0.2) is 14.9 Å². The standard InChI is InChI=1S/C23H50OSi/c1-5-9-10-11-12-13-14-15-16-17-18-19-20-24-25(21-6-2,22-7-3)23-8-4/h5-23H2,1-4H3. The molecule has 1 nitrogen and oxygen atoms in total. The molecule has 0 aromatic carbocycles. The largest absolute Gasteiger partial charge is 0.417 e. The predicted molar refractivity (Wildman–Crippen MR) is 118 cm³/mol. The van der Waals surface area contributed by atoms with Crippen LogP contribution in [0.3, 0.4) is 0 Å². The van der Waals surface area contributed by atoms with Gasteiger partial charge in [-0.3, -0.25) is 0 Å². The zero-order valence-corrected chi connectivity index (χ0v) is 19.3. The summed E-state index contributed by atoms with van der Waals surface area (Å²) in [4.78, 5) is 0. The number of hydrogen-bond acceptors (Lipinski definition) is 1. The average Bonchev–Trinajstić information content (AvgIpc) is 2.60. The van der Waals surface area contributed by atoms with Gasteiger partial charge in [0.2, 0.25) is 0 Å². The molecule has 0 amide bonds. The maximum atomic E-state index is 6.58. The highest BCUT2D eigenvalue weighted by Gasteiger charge is 2.31. The van der Waals surface area contributed by atoms with Gasteiger partial charge < -0.3 is 4.43 Å². The van der Waals surface area contributed by atoms with Crippen molar-refractivity contribution in [2.75, 3.05) is 6.61 Å². The first-order chi connectivity index (χ1) is 12.2. The molecule has 152 valence electrons. The fourth-order valence-electron chi connectivity index (χ4n) is 4.19. The van der Waals surface area contributed by atoms with Crippen LogP contribution in [0.1, 0.15) is 124 Å². The van der Waals surface area contributed by atoms with Crippen molar-refractivity contribution in [3.05, 3.63) is 0 Å². The van der Waals surface area contributed by atoms with Crippen LogP contribution in [0.5, 0.6) is 0 Å². The van der Waals surface area contributed by atoms with Crippen molar-refractivity contribution in [2.45, 2.75) is 142 Å². The molecule has 0 spiro atoms. The monoisotopic (exact) mass is 370 g/mol. The Labute approximate surface area is 161 Å². The van der Waals surface area contributed by atoms with Gasteiger partial charge in [-0.05, 0) is 24.6 Å². The van der Waals surface area contributed by atoms with Crippen molar-refractivity contribution in [3.8, 4) is 0 Å². The van der Waals surface area contributed by atoms with Gasteiger partial charge in [-0.15, -0.1) is 0 Å². The van der Waals surface area contributed by atoms with Crippen LogP contribution in [0.4, 0.5) is 0 Å². The van der Waals surface area contributed by atoms with E-state index in [1.807, 2.05) is 0 Å². The molecule has 0 atom stereocenters. The van der Waals surface area contributed by atoms with Gasteiger partial charge in [-0.1, -0.05) is 118 Å². The third kappa shape index (κ3) is 15.0. The molecule has 2 heteroatoms. The van der Waals surface area contributed by atoms with Crippen LogP contribution in [0.2, 0.25) is 18.1 Å². The van der Waals surface area contributed by atoms with Crippen LogP contribution >= 0.6 is 0 Å². The summed E-state index contributed by atoms with van der Waals surface area (Å²) in [5.74, 6) is 0. The lowest BCUT2D eigenvalue weighted by Crippen LogP contribution is -2.38. The summed E-state index contributed by atoms with van der Waals surface area (Å²) < 4.78 is 6.58. The molecule has 0 aliphatic carbocycles. The second-order valence-electron chi connectivity index (χ2n) is 8.17. The zero-order valence-electron chi connectivity index (χ0n) is 18.3. The van der Waals surface area contributed by atoms with Crippen LogP contribution < -0.4 is 0 Å². The highest BCUT2D eigenvalue weighted by Crippen LogP contribution is 2.27. The van der Waals surface area contributed by atoms with E-state index in [1.165, 1.54) is 114 Å². The molecule has 0 saturated heterocycles. The zero-order chi connectivity index (χ0) is 18.6. The third-order valence-electron chi connectivity index (χ3n) is 5.52. The second-order valence-corrected chi connectivity index (χ2v) is 12.3. The minimum absolute atomic E-state index is 1.05. The summed E-state index contributed by atoms with van der Waals surface area (Å²) in [5, 5.41) is 0. The van der Waals surface area contributed by atoms with Crippen LogP contribution in [0.15, 0.2) is 0 Å². The Morgan fingerprint density at radius 1 is 0.440 bits per heavy atom. The maximum absolute atomic E-state index is 6.58. The van der Waals surface area contributed by atoms with Gasteiger partial charge in [-0.2, -0.15) is 0 Å². The highest BCUT2D eigenvalue weighted by atomic mass is 28.4. The molecule has 0 unspecified atom stereocenters. The maximum Gasteiger partial charge on any atom is 0.192 e. The van der Waals surface area contributed by atoms with Gasteiger partial charge in [0.25, 0.3) is 0 Å². The quantitative estimate of drug-likeness (QED) is 0.153.